The van der Waals surface area contributed by atoms with Crippen LogP contribution >= 0.6 is 23.5 Å². The van der Waals surface area contributed by atoms with Crippen LogP contribution in [0.3, 0.4) is 0 Å². The van der Waals surface area contributed by atoms with Gasteiger partial charge in [0, 0.05) is 5.75 Å². The van der Waals surface area contributed by atoms with E-state index in [2.05, 4.69) is 0 Å². The van der Waals surface area contributed by atoms with Gasteiger partial charge in [0.15, 0.2) is 5.60 Å². The minimum absolute atomic E-state index is 0.00729. The van der Waals surface area contributed by atoms with Gasteiger partial charge in [-0.3, -0.25) is 9.59 Å². The van der Waals surface area contributed by atoms with Crippen molar-refractivity contribution in [2.75, 3.05) is 24.6 Å². The molecule has 0 aromatic heterocycles. The lowest BCUT2D eigenvalue weighted by atomic mass is 10.00. The molecule has 0 aromatic carbocycles. The Balaban J connectivity index is 1.42. The molecule has 0 bridgehead atoms. The SMILES string of the molecule is NC1C(=O)N2CC(O)(OC(=O)C3(O)CS[C@@H]4C(N)C(=O)N4C3)CS[C@H]12. The van der Waals surface area contributed by atoms with Crippen LogP contribution in [0.5, 0.6) is 0 Å². The maximum Gasteiger partial charge on any atom is 0.343 e. The number of esters is 1. The molecule has 0 spiro atoms. The number of β-lactam (4-membered cyclic amide) rings is 2. The molecule has 0 radical (unpaired) electrons. The topological polar surface area (TPSA) is 159 Å². The second-order valence-electron chi connectivity index (χ2n) is 6.75. The summed E-state index contributed by atoms with van der Waals surface area (Å²) >= 11 is 2.41. The summed E-state index contributed by atoms with van der Waals surface area (Å²) in [4.78, 5) is 38.6. The average molecular weight is 390 g/mol. The first kappa shape index (κ1) is 17.4. The van der Waals surface area contributed by atoms with Gasteiger partial charge < -0.3 is 36.2 Å². The molecule has 10 nitrogen and oxygen atoms in total. The van der Waals surface area contributed by atoms with Crippen LogP contribution in [-0.2, 0) is 19.1 Å². The maximum absolute atomic E-state index is 12.5. The van der Waals surface area contributed by atoms with Crippen molar-refractivity contribution >= 4 is 41.3 Å². The maximum atomic E-state index is 12.5. The zero-order chi connectivity index (χ0) is 18.1. The number of hydrogen-bond donors (Lipinski definition) is 4. The molecular weight excluding hydrogens is 372 g/mol. The van der Waals surface area contributed by atoms with E-state index in [0.717, 1.165) is 0 Å². The van der Waals surface area contributed by atoms with Gasteiger partial charge >= 0.3 is 5.97 Å². The lowest BCUT2D eigenvalue weighted by Gasteiger charge is -2.53. The summed E-state index contributed by atoms with van der Waals surface area (Å²) in [6, 6.07) is -1.23. The van der Waals surface area contributed by atoms with Gasteiger partial charge in [-0.15, -0.1) is 23.5 Å². The van der Waals surface area contributed by atoms with Gasteiger partial charge in [0.1, 0.15) is 22.8 Å². The molecule has 4 saturated heterocycles. The summed E-state index contributed by atoms with van der Waals surface area (Å²) in [5.41, 5.74) is 9.41. The number of carbonyl (C=O) groups is 3. The van der Waals surface area contributed by atoms with Crippen LogP contribution in [0.15, 0.2) is 0 Å². The number of hydrogen-bond acceptors (Lipinski definition) is 10. The molecule has 0 aliphatic carbocycles. The number of carbonyl (C=O) groups excluding carboxylic acids is 3. The Morgan fingerprint density at radius 1 is 1.04 bits per heavy atom. The van der Waals surface area contributed by atoms with Gasteiger partial charge in [-0.1, -0.05) is 0 Å². The minimum Gasteiger partial charge on any atom is -0.428 e. The second-order valence-corrected chi connectivity index (χ2v) is 8.96. The van der Waals surface area contributed by atoms with Gasteiger partial charge in [-0.05, 0) is 0 Å². The molecular formula is C13H18N4O6S2. The minimum atomic E-state index is -1.93. The monoisotopic (exact) mass is 390 g/mol. The van der Waals surface area contributed by atoms with Gasteiger partial charge in [0.25, 0.3) is 0 Å². The van der Waals surface area contributed by atoms with E-state index in [-0.39, 0.29) is 47.2 Å². The molecule has 2 amide bonds. The molecule has 4 rings (SSSR count). The number of amides is 2. The van der Waals surface area contributed by atoms with Crippen LogP contribution in [0.1, 0.15) is 0 Å². The fourth-order valence-electron chi connectivity index (χ4n) is 3.36. The average Bonchev–Trinajstić information content (AvgIpc) is 2.60. The highest BCUT2D eigenvalue weighted by Crippen LogP contribution is 2.40. The summed E-state index contributed by atoms with van der Waals surface area (Å²) in [5, 5.41) is 20.6. The second kappa shape index (κ2) is 5.47. The zero-order valence-corrected chi connectivity index (χ0v) is 14.7. The largest absolute Gasteiger partial charge is 0.428 e. The standard InChI is InChI=1S/C13H18N4O6S2/c14-5-7(18)16-1-12(21,3-24-9(5)16)11(20)23-13(22)2-17-8(19)6(15)10(17)25-4-13/h5-6,9-10,21-22H,1-4,14-15H2/t5?,6?,9-,10-,12?,13?/m1/s1. The number of rotatable bonds is 2. The highest BCUT2D eigenvalue weighted by atomic mass is 32.2. The third-order valence-corrected chi connectivity index (χ3v) is 7.89. The van der Waals surface area contributed by atoms with Crippen LogP contribution < -0.4 is 11.5 Å². The van der Waals surface area contributed by atoms with Crippen LogP contribution in [0.25, 0.3) is 0 Å². The van der Waals surface area contributed by atoms with E-state index in [1.807, 2.05) is 0 Å². The molecule has 138 valence electrons. The lowest BCUT2D eigenvalue weighted by molar-refractivity contribution is -0.228. The zero-order valence-electron chi connectivity index (χ0n) is 13.0. The lowest BCUT2D eigenvalue weighted by Crippen LogP contribution is -2.75. The van der Waals surface area contributed by atoms with E-state index in [9.17, 15) is 24.6 Å². The fraction of sp³-hybridized carbons (Fsp3) is 0.769. The normalized spacial score (nSPS) is 45.9. The molecule has 0 aromatic rings. The molecule has 12 heteroatoms. The molecule has 6 N–H and O–H groups in total. The number of nitrogens with zero attached hydrogens (tertiary/aromatic N) is 2. The van der Waals surface area contributed by atoms with Crippen LogP contribution in [0.4, 0.5) is 0 Å². The predicted octanol–water partition coefficient (Wildman–Crippen LogP) is -3.57. The van der Waals surface area contributed by atoms with Crippen LogP contribution in [0.2, 0.25) is 0 Å². The number of thioether (sulfide) groups is 2. The Morgan fingerprint density at radius 3 is 2.16 bits per heavy atom. The van der Waals surface area contributed by atoms with Crippen molar-refractivity contribution in [1.29, 1.82) is 0 Å². The van der Waals surface area contributed by atoms with Gasteiger partial charge in [0.05, 0.1) is 18.8 Å². The molecule has 25 heavy (non-hydrogen) atoms. The Bertz CT molecular complexity index is 666. The summed E-state index contributed by atoms with van der Waals surface area (Å²) < 4.78 is 5.16. The molecule has 4 aliphatic rings. The first-order chi connectivity index (χ1) is 11.7. The van der Waals surface area contributed by atoms with E-state index in [0.29, 0.717) is 0 Å². The van der Waals surface area contributed by atoms with Crippen molar-refractivity contribution in [3.05, 3.63) is 0 Å². The molecule has 4 fully saturated rings. The summed E-state index contributed by atoms with van der Waals surface area (Å²) in [5.74, 6) is -3.53. The van der Waals surface area contributed by atoms with E-state index in [1.54, 1.807) is 0 Å². The first-order valence-corrected chi connectivity index (χ1v) is 9.79. The predicted molar refractivity (Wildman–Crippen MR) is 87.9 cm³/mol. The highest BCUT2D eigenvalue weighted by Gasteiger charge is 2.58. The van der Waals surface area contributed by atoms with Crippen molar-refractivity contribution in [2.45, 2.75) is 34.2 Å². The molecule has 4 aliphatic heterocycles. The number of aliphatic hydroxyl groups is 2. The first-order valence-electron chi connectivity index (χ1n) is 7.69. The van der Waals surface area contributed by atoms with E-state index >= 15 is 0 Å². The molecule has 6 atom stereocenters. The number of fused-ring (bicyclic) bond motifs is 2. The van der Waals surface area contributed by atoms with Gasteiger partial charge in [-0.2, -0.15) is 0 Å². The Kier molecular flexibility index (Phi) is 3.80. The van der Waals surface area contributed by atoms with E-state index in [4.69, 9.17) is 16.2 Å². The van der Waals surface area contributed by atoms with Crippen LogP contribution in [-0.4, -0.2) is 96.6 Å². The summed E-state index contributed by atoms with van der Waals surface area (Å²) in [6.07, 6.45) is 0. The van der Waals surface area contributed by atoms with Crippen molar-refractivity contribution in [3.8, 4) is 0 Å². The Morgan fingerprint density at radius 2 is 1.56 bits per heavy atom. The van der Waals surface area contributed by atoms with Gasteiger partial charge in [-0.25, -0.2) is 4.79 Å². The van der Waals surface area contributed by atoms with Crippen molar-refractivity contribution in [3.63, 3.8) is 0 Å². The number of ether oxygens (including phenoxy) is 1. The number of nitrogens with two attached hydrogens (primary N) is 2. The molecule has 4 unspecified atom stereocenters. The van der Waals surface area contributed by atoms with E-state index in [1.165, 1.54) is 33.3 Å². The van der Waals surface area contributed by atoms with Gasteiger partial charge in [0.2, 0.25) is 17.6 Å². The smallest absolute Gasteiger partial charge is 0.343 e. The van der Waals surface area contributed by atoms with Crippen molar-refractivity contribution in [1.82, 2.24) is 9.80 Å². The Hall–Kier alpha value is -1.05. The third-order valence-electron chi connectivity index (χ3n) is 4.85. The van der Waals surface area contributed by atoms with Crippen molar-refractivity contribution in [2.24, 2.45) is 11.5 Å². The highest BCUT2D eigenvalue weighted by molar-refractivity contribution is 8.00. The van der Waals surface area contributed by atoms with Crippen LogP contribution in [0, 0.1) is 0 Å². The summed E-state index contributed by atoms with van der Waals surface area (Å²) in [7, 11) is 0. The van der Waals surface area contributed by atoms with Crippen molar-refractivity contribution < 1.29 is 29.3 Å². The van der Waals surface area contributed by atoms with E-state index < -0.39 is 29.4 Å². The fourth-order valence-corrected chi connectivity index (χ4v) is 5.96. The quantitative estimate of drug-likeness (QED) is 0.211. The third kappa shape index (κ3) is 2.46. The molecule has 4 heterocycles. The summed E-state index contributed by atoms with van der Waals surface area (Å²) in [6.45, 7) is -0.419. The molecule has 0 saturated carbocycles. The Labute approximate surface area is 151 Å².